The Morgan fingerprint density at radius 1 is 1.50 bits per heavy atom. The normalized spacial score (nSPS) is 16.5. The maximum absolute atomic E-state index is 11.9. The predicted octanol–water partition coefficient (Wildman–Crippen LogP) is 2.10. The molecule has 2 rings (SSSR count). The average Bonchev–Trinajstić information content (AvgIpc) is 2.65. The number of carbonyl (C=O) groups excluding carboxylic acids is 1. The molecule has 0 amide bonds. The van der Waals surface area contributed by atoms with Gasteiger partial charge in [-0.3, -0.25) is 9.48 Å². The molecule has 0 aliphatic heterocycles. The SMILES string of the molecule is Cn1cc(C(=O)C2=CCCCC2)cn1. The number of nitrogens with zero attached hydrogens (tertiary/aromatic N) is 2. The highest BCUT2D eigenvalue weighted by Gasteiger charge is 2.15. The number of hydrogen-bond acceptors (Lipinski definition) is 2. The van der Waals surface area contributed by atoms with Crippen LogP contribution in [0.4, 0.5) is 0 Å². The molecule has 1 aliphatic rings. The van der Waals surface area contributed by atoms with E-state index >= 15 is 0 Å². The number of hydrogen-bond donors (Lipinski definition) is 0. The molecule has 3 nitrogen and oxygen atoms in total. The van der Waals surface area contributed by atoms with Gasteiger partial charge in [-0.1, -0.05) is 6.08 Å². The summed E-state index contributed by atoms with van der Waals surface area (Å²) in [6, 6.07) is 0. The number of rotatable bonds is 2. The number of allylic oxidation sites excluding steroid dienone is 2. The van der Waals surface area contributed by atoms with Crippen LogP contribution >= 0.6 is 0 Å². The lowest BCUT2D eigenvalue weighted by Gasteiger charge is -2.09. The Labute approximate surface area is 83.4 Å². The summed E-state index contributed by atoms with van der Waals surface area (Å²) in [5.41, 5.74) is 1.67. The Kier molecular flexibility index (Phi) is 2.48. The fourth-order valence-electron chi connectivity index (χ4n) is 1.77. The first-order valence-corrected chi connectivity index (χ1v) is 5.00. The molecule has 1 aromatic rings. The second-order valence-electron chi connectivity index (χ2n) is 3.71. The minimum Gasteiger partial charge on any atom is -0.289 e. The molecule has 14 heavy (non-hydrogen) atoms. The largest absolute Gasteiger partial charge is 0.289 e. The summed E-state index contributed by atoms with van der Waals surface area (Å²) >= 11 is 0. The molecule has 1 heterocycles. The summed E-state index contributed by atoms with van der Waals surface area (Å²) in [6.07, 6.45) is 9.80. The molecule has 0 bridgehead atoms. The minimum atomic E-state index is 0.151. The Morgan fingerprint density at radius 3 is 2.93 bits per heavy atom. The van der Waals surface area contributed by atoms with Gasteiger partial charge >= 0.3 is 0 Å². The fraction of sp³-hybridized carbons (Fsp3) is 0.455. The molecule has 0 N–H and O–H groups in total. The molecule has 1 aromatic heterocycles. The smallest absolute Gasteiger partial charge is 0.191 e. The van der Waals surface area contributed by atoms with Gasteiger partial charge in [0.2, 0.25) is 0 Å². The van der Waals surface area contributed by atoms with E-state index < -0.39 is 0 Å². The standard InChI is InChI=1S/C11H14N2O/c1-13-8-10(7-12-13)11(14)9-5-3-2-4-6-9/h5,7-8H,2-4,6H2,1H3. The van der Waals surface area contributed by atoms with Crippen LogP contribution in [0, 0.1) is 0 Å². The van der Waals surface area contributed by atoms with Crippen LogP contribution in [0.2, 0.25) is 0 Å². The summed E-state index contributed by atoms with van der Waals surface area (Å²) < 4.78 is 1.66. The molecule has 3 heteroatoms. The Balaban J connectivity index is 2.19. The van der Waals surface area contributed by atoms with Crippen LogP contribution < -0.4 is 0 Å². The zero-order valence-corrected chi connectivity index (χ0v) is 8.36. The Morgan fingerprint density at radius 2 is 2.36 bits per heavy atom. The van der Waals surface area contributed by atoms with E-state index in [9.17, 15) is 4.79 Å². The quantitative estimate of drug-likeness (QED) is 0.669. The van der Waals surface area contributed by atoms with Gasteiger partial charge in [-0.15, -0.1) is 0 Å². The molecular formula is C11H14N2O. The van der Waals surface area contributed by atoms with E-state index in [1.165, 1.54) is 6.42 Å². The van der Waals surface area contributed by atoms with Gasteiger partial charge < -0.3 is 0 Å². The Hall–Kier alpha value is -1.38. The molecule has 0 unspecified atom stereocenters. The highest BCUT2D eigenvalue weighted by molar-refractivity contribution is 6.08. The highest BCUT2D eigenvalue weighted by Crippen LogP contribution is 2.20. The second-order valence-corrected chi connectivity index (χ2v) is 3.71. The fourth-order valence-corrected chi connectivity index (χ4v) is 1.77. The first-order chi connectivity index (χ1) is 6.77. The van der Waals surface area contributed by atoms with E-state index in [0.29, 0.717) is 5.56 Å². The van der Waals surface area contributed by atoms with Gasteiger partial charge in [0.25, 0.3) is 0 Å². The monoisotopic (exact) mass is 190 g/mol. The zero-order valence-electron chi connectivity index (χ0n) is 8.36. The molecule has 0 fully saturated rings. The van der Waals surface area contributed by atoms with Crippen molar-refractivity contribution in [1.82, 2.24) is 9.78 Å². The van der Waals surface area contributed by atoms with E-state index in [-0.39, 0.29) is 5.78 Å². The number of aryl methyl sites for hydroxylation is 1. The predicted molar refractivity (Wildman–Crippen MR) is 54.1 cm³/mol. The average molecular weight is 190 g/mol. The van der Waals surface area contributed by atoms with Crippen molar-refractivity contribution in [3.8, 4) is 0 Å². The molecule has 0 saturated carbocycles. The first-order valence-electron chi connectivity index (χ1n) is 5.00. The van der Waals surface area contributed by atoms with E-state index in [4.69, 9.17) is 0 Å². The van der Waals surface area contributed by atoms with Gasteiger partial charge in [0.1, 0.15) is 0 Å². The number of carbonyl (C=O) groups is 1. The number of ketones is 1. The van der Waals surface area contributed by atoms with Crippen molar-refractivity contribution in [2.45, 2.75) is 25.7 Å². The van der Waals surface area contributed by atoms with Crippen molar-refractivity contribution >= 4 is 5.78 Å². The molecule has 1 aliphatic carbocycles. The van der Waals surface area contributed by atoms with E-state index in [1.807, 2.05) is 7.05 Å². The number of aromatic nitrogens is 2. The molecule has 0 saturated heterocycles. The Bertz CT molecular complexity index is 376. The van der Waals surface area contributed by atoms with Crippen LogP contribution in [-0.4, -0.2) is 15.6 Å². The molecule has 74 valence electrons. The van der Waals surface area contributed by atoms with Crippen molar-refractivity contribution in [3.05, 3.63) is 29.6 Å². The van der Waals surface area contributed by atoms with Gasteiger partial charge in [0.15, 0.2) is 5.78 Å². The maximum atomic E-state index is 11.9. The number of Topliss-reactive ketones (excluding diaryl/α,β-unsaturated/α-hetero) is 1. The lowest BCUT2D eigenvalue weighted by atomic mass is 9.94. The topological polar surface area (TPSA) is 34.9 Å². The summed E-state index contributed by atoms with van der Waals surface area (Å²) in [6.45, 7) is 0. The van der Waals surface area contributed by atoms with E-state index in [2.05, 4.69) is 11.2 Å². The van der Waals surface area contributed by atoms with E-state index in [0.717, 1.165) is 24.8 Å². The molecular weight excluding hydrogens is 176 g/mol. The molecule has 0 radical (unpaired) electrons. The molecule has 0 aromatic carbocycles. The van der Waals surface area contributed by atoms with Gasteiger partial charge in [0.05, 0.1) is 11.8 Å². The third-order valence-electron chi connectivity index (χ3n) is 2.55. The van der Waals surface area contributed by atoms with Gasteiger partial charge in [-0.2, -0.15) is 5.10 Å². The second kappa shape index (κ2) is 3.78. The summed E-state index contributed by atoms with van der Waals surface area (Å²) in [7, 11) is 1.83. The lowest BCUT2D eigenvalue weighted by Crippen LogP contribution is -2.05. The summed E-state index contributed by atoms with van der Waals surface area (Å²) in [5.74, 6) is 0.151. The van der Waals surface area contributed by atoms with Crippen LogP contribution in [0.25, 0.3) is 0 Å². The molecule has 0 spiro atoms. The van der Waals surface area contributed by atoms with Gasteiger partial charge in [0, 0.05) is 13.2 Å². The first kappa shape index (κ1) is 9.19. The van der Waals surface area contributed by atoms with Crippen LogP contribution in [-0.2, 0) is 7.05 Å². The third-order valence-corrected chi connectivity index (χ3v) is 2.55. The van der Waals surface area contributed by atoms with Gasteiger partial charge in [-0.25, -0.2) is 0 Å². The summed E-state index contributed by atoms with van der Waals surface area (Å²) in [4.78, 5) is 11.9. The lowest BCUT2D eigenvalue weighted by molar-refractivity contribution is 0.102. The highest BCUT2D eigenvalue weighted by atomic mass is 16.1. The zero-order chi connectivity index (χ0) is 9.97. The van der Waals surface area contributed by atoms with Crippen LogP contribution in [0.15, 0.2) is 24.0 Å². The molecule has 0 atom stereocenters. The van der Waals surface area contributed by atoms with Crippen molar-refractivity contribution < 1.29 is 4.79 Å². The van der Waals surface area contributed by atoms with Crippen molar-refractivity contribution in [1.29, 1.82) is 0 Å². The van der Waals surface area contributed by atoms with Crippen LogP contribution in [0.3, 0.4) is 0 Å². The van der Waals surface area contributed by atoms with Crippen molar-refractivity contribution in [3.63, 3.8) is 0 Å². The van der Waals surface area contributed by atoms with Crippen molar-refractivity contribution in [2.24, 2.45) is 7.05 Å². The minimum absolute atomic E-state index is 0.151. The van der Waals surface area contributed by atoms with Gasteiger partial charge in [-0.05, 0) is 31.3 Å². The van der Waals surface area contributed by atoms with E-state index in [1.54, 1.807) is 17.1 Å². The maximum Gasteiger partial charge on any atom is 0.191 e. The van der Waals surface area contributed by atoms with Crippen LogP contribution in [0.5, 0.6) is 0 Å². The summed E-state index contributed by atoms with van der Waals surface area (Å²) in [5, 5.41) is 4.00. The third kappa shape index (κ3) is 1.76. The van der Waals surface area contributed by atoms with Crippen LogP contribution in [0.1, 0.15) is 36.0 Å². The van der Waals surface area contributed by atoms with Crippen molar-refractivity contribution in [2.75, 3.05) is 0 Å².